The van der Waals surface area contributed by atoms with Gasteiger partial charge in [0.1, 0.15) is 11.6 Å². The number of hydrogen-bond donors (Lipinski definition) is 2. The van der Waals surface area contributed by atoms with Crippen molar-refractivity contribution >= 4 is 23.2 Å². The molecular weight excluding hydrogens is 419 g/mol. The molecule has 1 amide bonds. The van der Waals surface area contributed by atoms with Gasteiger partial charge in [0.05, 0.1) is 17.4 Å². The number of nitrogens with zero attached hydrogens (tertiary/aromatic N) is 3. The smallest absolute Gasteiger partial charge is 0.325 e. The van der Waals surface area contributed by atoms with Gasteiger partial charge in [-0.1, -0.05) is 30.3 Å². The maximum Gasteiger partial charge on any atom is 0.416 e. The minimum Gasteiger partial charge on any atom is -0.325 e. The molecule has 0 radical (unpaired) electrons. The molecule has 9 heteroatoms. The number of benzene rings is 1. The van der Waals surface area contributed by atoms with Gasteiger partial charge in [0.25, 0.3) is 5.91 Å². The molecule has 3 aromatic heterocycles. The highest BCUT2D eigenvalue weighted by molar-refractivity contribution is 6.06. The second kappa shape index (κ2) is 8.84. The Bertz CT molecular complexity index is 1250. The highest BCUT2D eigenvalue weighted by atomic mass is 19.4. The molecule has 0 atom stereocenters. The zero-order valence-electron chi connectivity index (χ0n) is 16.5. The summed E-state index contributed by atoms with van der Waals surface area (Å²) < 4.78 is 38.7. The molecule has 160 valence electrons. The number of amides is 1. The van der Waals surface area contributed by atoms with Crippen molar-refractivity contribution in [2.45, 2.75) is 6.18 Å². The highest BCUT2D eigenvalue weighted by Gasteiger charge is 2.30. The van der Waals surface area contributed by atoms with E-state index in [0.717, 1.165) is 29.5 Å². The first kappa shape index (κ1) is 21.0. The van der Waals surface area contributed by atoms with E-state index < -0.39 is 17.6 Å². The van der Waals surface area contributed by atoms with Gasteiger partial charge in [0, 0.05) is 29.7 Å². The molecule has 0 saturated heterocycles. The largest absolute Gasteiger partial charge is 0.416 e. The number of alkyl halides is 3. The van der Waals surface area contributed by atoms with Gasteiger partial charge in [0.2, 0.25) is 0 Å². The molecule has 0 fully saturated rings. The van der Waals surface area contributed by atoms with Crippen LogP contribution in [-0.4, -0.2) is 20.9 Å². The van der Waals surface area contributed by atoms with Crippen LogP contribution in [0.25, 0.3) is 11.1 Å². The molecule has 0 saturated carbocycles. The van der Waals surface area contributed by atoms with E-state index >= 15 is 0 Å². The topological polar surface area (TPSA) is 79.8 Å². The minimum absolute atomic E-state index is 0.0384. The van der Waals surface area contributed by atoms with Crippen LogP contribution in [0.1, 0.15) is 15.9 Å². The molecule has 1 aromatic carbocycles. The predicted octanol–water partition coefficient (Wildman–Crippen LogP) is 5.55. The van der Waals surface area contributed by atoms with E-state index in [4.69, 9.17) is 0 Å². The average Bonchev–Trinajstić information content (AvgIpc) is 2.80. The van der Waals surface area contributed by atoms with Gasteiger partial charge < -0.3 is 10.6 Å². The second-order valence-electron chi connectivity index (χ2n) is 6.72. The number of carbonyl (C=O) groups is 1. The Hall–Kier alpha value is -4.27. The van der Waals surface area contributed by atoms with E-state index in [1.165, 1.54) is 18.3 Å². The van der Waals surface area contributed by atoms with Crippen LogP contribution in [0.5, 0.6) is 0 Å². The quantitative estimate of drug-likeness (QED) is 0.429. The lowest BCUT2D eigenvalue weighted by molar-refractivity contribution is -0.137. The zero-order valence-corrected chi connectivity index (χ0v) is 16.5. The third-order valence-electron chi connectivity index (χ3n) is 4.52. The number of aromatic nitrogens is 3. The Kier molecular flexibility index (Phi) is 5.80. The Morgan fingerprint density at radius 2 is 1.56 bits per heavy atom. The van der Waals surface area contributed by atoms with Crippen molar-refractivity contribution in [3.8, 4) is 11.1 Å². The number of halogens is 3. The first-order valence-corrected chi connectivity index (χ1v) is 9.47. The Labute approximate surface area is 181 Å². The van der Waals surface area contributed by atoms with Crippen molar-refractivity contribution in [1.29, 1.82) is 0 Å². The SMILES string of the molecule is O=C(Nc1cnccc1-c1ccccc1)c1ccnc(Nc2cc(C(F)(F)F)ccn2)c1. The van der Waals surface area contributed by atoms with E-state index in [9.17, 15) is 18.0 Å². The predicted molar refractivity (Wildman–Crippen MR) is 114 cm³/mol. The number of hydrogen-bond acceptors (Lipinski definition) is 5. The maximum atomic E-state index is 12.9. The van der Waals surface area contributed by atoms with Crippen LogP contribution in [0, 0.1) is 0 Å². The summed E-state index contributed by atoms with van der Waals surface area (Å²) in [5.74, 6) is -0.278. The van der Waals surface area contributed by atoms with Crippen LogP contribution in [-0.2, 0) is 6.18 Å². The molecule has 0 spiro atoms. The molecule has 0 aliphatic carbocycles. The lowest BCUT2D eigenvalue weighted by atomic mass is 10.1. The molecule has 0 aliphatic heterocycles. The lowest BCUT2D eigenvalue weighted by Gasteiger charge is -2.12. The first-order valence-electron chi connectivity index (χ1n) is 9.47. The monoisotopic (exact) mass is 435 g/mol. The van der Waals surface area contributed by atoms with Crippen molar-refractivity contribution in [3.05, 3.63) is 96.6 Å². The Morgan fingerprint density at radius 1 is 0.844 bits per heavy atom. The molecule has 4 aromatic rings. The fourth-order valence-corrected chi connectivity index (χ4v) is 3.00. The summed E-state index contributed by atoms with van der Waals surface area (Å²) in [6.07, 6.45) is 1.12. The molecule has 32 heavy (non-hydrogen) atoms. The summed E-state index contributed by atoms with van der Waals surface area (Å²) >= 11 is 0. The van der Waals surface area contributed by atoms with E-state index in [-0.39, 0.29) is 17.2 Å². The van der Waals surface area contributed by atoms with Crippen molar-refractivity contribution in [2.75, 3.05) is 10.6 Å². The molecular formula is C23H16F3N5O. The number of carbonyl (C=O) groups excluding carboxylic acids is 1. The Balaban J connectivity index is 1.54. The zero-order chi connectivity index (χ0) is 22.6. The maximum absolute atomic E-state index is 12.9. The van der Waals surface area contributed by atoms with Crippen LogP contribution in [0.2, 0.25) is 0 Å². The summed E-state index contributed by atoms with van der Waals surface area (Å²) in [6, 6.07) is 16.0. The van der Waals surface area contributed by atoms with Gasteiger partial charge in [-0.05, 0) is 35.9 Å². The molecule has 6 nitrogen and oxygen atoms in total. The summed E-state index contributed by atoms with van der Waals surface area (Å²) in [6.45, 7) is 0. The van der Waals surface area contributed by atoms with Gasteiger partial charge in [-0.2, -0.15) is 13.2 Å². The number of nitrogens with one attached hydrogen (secondary N) is 2. The van der Waals surface area contributed by atoms with Crippen LogP contribution in [0.4, 0.5) is 30.5 Å². The summed E-state index contributed by atoms with van der Waals surface area (Å²) in [4.78, 5) is 24.8. The lowest BCUT2D eigenvalue weighted by Crippen LogP contribution is -2.13. The second-order valence-corrected chi connectivity index (χ2v) is 6.72. The van der Waals surface area contributed by atoms with E-state index in [1.54, 1.807) is 18.5 Å². The number of pyridine rings is 3. The van der Waals surface area contributed by atoms with Gasteiger partial charge in [0.15, 0.2) is 0 Å². The van der Waals surface area contributed by atoms with Crippen LogP contribution >= 0.6 is 0 Å². The normalized spacial score (nSPS) is 11.1. The standard InChI is InChI=1S/C23H16F3N5O/c24-23(25,26)17-7-11-29-21(13-17)31-20-12-16(6-10-28-20)22(32)30-19-14-27-9-8-18(19)15-4-2-1-3-5-15/h1-14H,(H,30,32)(H,28,29,31). The van der Waals surface area contributed by atoms with E-state index in [0.29, 0.717) is 5.69 Å². The van der Waals surface area contributed by atoms with E-state index in [2.05, 4.69) is 25.6 Å². The van der Waals surface area contributed by atoms with Crippen LogP contribution in [0.15, 0.2) is 85.5 Å². The van der Waals surface area contributed by atoms with Crippen LogP contribution < -0.4 is 10.6 Å². The van der Waals surface area contributed by atoms with Crippen molar-refractivity contribution in [1.82, 2.24) is 15.0 Å². The Morgan fingerprint density at radius 3 is 2.31 bits per heavy atom. The van der Waals surface area contributed by atoms with E-state index in [1.807, 2.05) is 30.3 Å². The molecule has 2 N–H and O–H groups in total. The highest BCUT2D eigenvalue weighted by Crippen LogP contribution is 2.30. The van der Waals surface area contributed by atoms with Crippen LogP contribution in [0.3, 0.4) is 0 Å². The fraction of sp³-hybridized carbons (Fsp3) is 0.0435. The molecule has 0 bridgehead atoms. The molecule has 0 aliphatic rings. The molecule has 4 rings (SSSR count). The summed E-state index contributed by atoms with van der Waals surface area (Å²) in [7, 11) is 0. The summed E-state index contributed by atoms with van der Waals surface area (Å²) in [5.41, 5.74) is 1.66. The van der Waals surface area contributed by atoms with Crippen molar-refractivity contribution in [3.63, 3.8) is 0 Å². The average molecular weight is 435 g/mol. The first-order chi connectivity index (χ1) is 15.4. The third kappa shape index (κ3) is 4.89. The number of anilines is 3. The molecule has 3 heterocycles. The minimum atomic E-state index is -4.49. The summed E-state index contributed by atoms with van der Waals surface area (Å²) in [5, 5.41) is 5.52. The van der Waals surface area contributed by atoms with Gasteiger partial charge in [-0.15, -0.1) is 0 Å². The van der Waals surface area contributed by atoms with Crippen molar-refractivity contribution in [2.24, 2.45) is 0 Å². The third-order valence-corrected chi connectivity index (χ3v) is 4.52. The van der Waals surface area contributed by atoms with Crippen molar-refractivity contribution < 1.29 is 18.0 Å². The van der Waals surface area contributed by atoms with Gasteiger partial charge in [-0.3, -0.25) is 9.78 Å². The fourth-order valence-electron chi connectivity index (χ4n) is 3.00. The number of rotatable bonds is 5. The van der Waals surface area contributed by atoms with Gasteiger partial charge >= 0.3 is 6.18 Å². The van der Waals surface area contributed by atoms with Gasteiger partial charge in [-0.25, -0.2) is 9.97 Å². The molecule has 0 unspecified atom stereocenters.